The lowest BCUT2D eigenvalue weighted by Crippen LogP contribution is -2.15. The van der Waals surface area contributed by atoms with Gasteiger partial charge in [-0.05, 0) is 48.2 Å². The maximum atomic E-state index is 8.63. The van der Waals surface area contributed by atoms with Crippen LogP contribution >= 0.6 is 11.8 Å². The summed E-state index contributed by atoms with van der Waals surface area (Å²) in [6.45, 7) is 0.396. The average Bonchev–Trinajstić information content (AvgIpc) is 2.53. The van der Waals surface area contributed by atoms with Crippen LogP contribution in [0.15, 0.2) is 52.6 Å². The van der Waals surface area contributed by atoms with E-state index in [-0.39, 0.29) is 5.84 Å². The van der Waals surface area contributed by atoms with Crippen molar-refractivity contribution in [1.29, 1.82) is 0 Å². The highest BCUT2D eigenvalue weighted by Crippen LogP contribution is 2.19. The molecule has 1 heterocycles. The van der Waals surface area contributed by atoms with Crippen molar-refractivity contribution in [3.05, 3.63) is 53.9 Å². The summed E-state index contributed by atoms with van der Waals surface area (Å²) in [5.74, 6) is 0.779. The van der Waals surface area contributed by atoms with E-state index < -0.39 is 0 Å². The lowest BCUT2D eigenvalue weighted by atomic mass is 10.2. The van der Waals surface area contributed by atoms with Crippen LogP contribution in [0.2, 0.25) is 0 Å². The van der Waals surface area contributed by atoms with Gasteiger partial charge in [0.25, 0.3) is 0 Å². The highest BCUT2D eigenvalue weighted by molar-refractivity contribution is 7.98. The van der Waals surface area contributed by atoms with E-state index in [4.69, 9.17) is 15.7 Å². The van der Waals surface area contributed by atoms with Crippen LogP contribution in [0.3, 0.4) is 0 Å². The van der Waals surface area contributed by atoms with Crippen molar-refractivity contribution in [3.63, 3.8) is 0 Å². The molecule has 0 saturated carbocycles. The zero-order chi connectivity index (χ0) is 14.4. The molecule has 2 rings (SSSR count). The fraction of sp³-hybridized carbons (Fsp3) is 0.143. The van der Waals surface area contributed by atoms with Gasteiger partial charge in [-0.3, -0.25) is 4.98 Å². The Morgan fingerprint density at radius 2 is 2.10 bits per heavy atom. The third-order valence-electron chi connectivity index (χ3n) is 2.66. The second kappa shape index (κ2) is 6.81. The number of hydrogen-bond donors (Lipinski definition) is 2. The summed E-state index contributed by atoms with van der Waals surface area (Å²) in [6, 6.07) is 11.4. The molecule has 0 saturated heterocycles. The third kappa shape index (κ3) is 3.64. The standard InChI is InChI=1S/C14H15N3O2S/c1-20-12-4-2-11(3-5-12)19-9-10-6-7-16-13(8-10)14(15)17-18/h2-8,18H,9H2,1H3,(H2,15,17). The van der Waals surface area contributed by atoms with Gasteiger partial charge in [-0.15, -0.1) is 11.8 Å². The molecule has 5 nitrogen and oxygen atoms in total. The van der Waals surface area contributed by atoms with Crippen molar-refractivity contribution in [3.8, 4) is 5.75 Å². The van der Waals surface area contributed by atoms with Gasteiger partial charge in [-0.1, -0.05) is 5.16 Å². The zero-order valence-electron chi connectivity index (χ0n) is 11.0. The first-order valence-corrected chi connectivity index (χ1v) is 7.15. The van der Waals surface area contributed by atoms with Crippen molar-refractivity contribution in [2.24, 2.45) is 10.9 Å². The van der Waals surface area contributed by atoms with Crippen molar-refractivity contribution >= 4 is 17.6 Å². The highest BCUT2D eigenvalue weighted by Gasteiger charge is 2.03. The van der Waals surface area contributed by atoms with Crippen LogP contribution in [0.5, 0.6) is 5.75 Å². The molecule has 20 heavy (non-hydrogen) atoms. The first kappa shape index (κ1) is 14.2. The SMILES string of the molecule is CSc1ccc(OCc2ccnc(C(N)=NO)c2)cc1. The molecule has 0 atom stereocenters. The number of thioether (sulfide) groups is 1. The monoisotopic (exact) mass is 289 g/mol. The molecule has 0 fully saturated rings. The molecule has 0 aliphatic rings. The van der Waals surface area contributed by atoms with E-state index in [0.717, 1.165) is 11.3 Å². The molecule has 0 amide bonds. The fourth-order valence-corrected chi connectivity index (χ4v) is 2.00. The van der Waals surface area contributed by atoms with Crippen molar-refractivity contribution in [2.45, 2.75) is 11.5 Å². The summed E-state index contributed by atoms with van der Waals surface area (Å²) in [7, 11) is 0. The minimum absolute atomic E-state index is 0.0174. The lowest BCUT2D eigenvalue weighted by Gasteiger charge is -2.07. The van der Waals surface area contributed by atoms with Crippen LogP contribution < -0.4 is 10.5 Å². The number of hydrogen-bond acceptors (Lipinski definition) is 5. The van der Waals surface area contributed by atoms with Crippen LogP contribution in [-0.4, -0.2) is 22.3 Å². The molecule has 1 aromatic carbocycles. The van der Waals surface area contributed by atoms with E-state index >= 15 is 0 Å². The fourth-order valence-electron chi connectivity index (χ4n) is 1.59. The number of amidine groups is 1. The van der Waals surface area contributed by atoms with E-state index in [9.17, 15) is 0 Å². The van der Waals surface area contributed by atoms with E-state index in [1.165, 1.54) is 4.90 Å². The second-order valence-electron chi connectivity index (χ2n) is 4.00. The Hall–Kier alpha value is -2.21. The highest BCUT2D eigenvalue weighted by atomic mass is 32.2. The largest absolute Gasteiger partial charge is 0.489 e. The lowest BCUT2D eigenvalue weighted by molar-refractivity contribution is 0.305. The average molecular weight is 289 g/mol. The predicted octanol–water partition coefficient (Wildman–Crippen LogP) is 2.48. The molecule has 104 valence electrons. The van der Waals surface area contributed by atoms with Crippen LogP contribution in [-0.2, 0) is 6.61 Å². The normalized spacial score (nSPS) is 11.3. The first-order valence-electron chi connectivity index (χ1n) is 5.92. The van der Waals surface area contributed by atoms with Gasteiger partial charge in [-0.2, -0.15) is 0 Å². The molecule has 3 N–H and O–H groups in total. The van der Waals surface area contributed by atoms with Gasteiger partial charge in [0, 0.05) is 11.1 Å². The van der Waals surface area contributed by atoms with Crippen LogP contribution in [0, 0.1) is 0 Å². The summed E-state index contributed by atoms with van der Waals surface area (Å²) in [5, 5.41) is 11.6. The van der Waals surface area contributed by atoms with Crippen LogP contribution in [0.4, 0.5) is 0 Å². The predicted molar refractivity (Wildman–Crippen MR) is 79.3 cm³/mol. The summed E-state index contributed by atoms with van der Waals surface area (Å²) in [5.41, 5.74) is 6.82. The number of rotatable bonds is 5. The quantitative estimate of drug-likeness (QED) is 0.290. The Morgan fingerprint density at radius 1 is 1.35 bits per heavy atom. The molecular formula is C14H15N3O2S. The third-order valence-corrected chi connectivity index (χ3v) is 3.40. The second-order valence-corrected chi connectivity index (χ2v) is 4.88. The zero-order valence-corrected chi connectivity index (χ0v) is 11.8. The van der Waals surface area contributed by atoms with Crippen molar-refractivity contribution in [2.75, 3.05) is 6.26 Å². The molecule has 0 radical (unpaired) electrons. The Balaban J connectivity index is 2.03. The number of pyridine rings is 1. The number of nitrogens with zero attached hydrogens (tertiary/aromatic N) is 2. The summed E-state index contributed by atoms with van der Waals surface area (Å²) < 4.78 is 5.68. The number of ether oxygens (including phenoxy) is 1. The topological polar surface area (TPSA) is 80.7 Å². The summed E-state index contributed by atoms with van der Waals surface area (Å²) in [6.07, 6.45) is 3.63. The first-order chi connectivity index (χ1) is 9.72. The number of oxime groups is 1. The van der Waals surface area contributed by atoms with Gasteiger partial charge in [0.1, 0.15) is 18.1 Å². The number of aromatic nitrogens is 1. The molecule has 0 bridgehead atoms. The molecule has 0 aliphatic carbocycles. The maximum absolute atomic E-state index is 8.63. The molecule has 0 spiro atoms. The number of benzene rings is 1. The summed E-state index contributed by atoms with van der Waals surface area (Å²) in [4.78, 5) is 5.20. The van der Waals surface area contributed by atoms with E-state index in [1.54, 1.807) is 24.0 Å². The maximum Gasteiger partial charge on any atom is 0.188 e. The smallest absolute Gasteiger partial charge is 0.188 e. The van der Waals surface area contributed by atoms with Crippen LogP contribution in [0.25, 0.3) is 0 Å². The van der Waals surface area contributed by atoms with Gasteiger partial charge >= 0.3 is 0 Å². The Morgan fingerprint density at radius 3 is 2.75 bits per heavy atom. The Labute approximate surface area is 121 Å². The molecule has 0 aliphatic heterocycles. The minimum atomic E-state index is -0.0174. The summed E-state index contributed by atoms with van der Waals surface area (Å²) >= 11 is 1.69. The van der Waals surface area contributed by atoms with Gasteiger partial charge in [-0.25, -0.2) is 0 Å². The van der Waals surface area contributed by atoms with Crippen molar-refractivity contribution < 1.29 is 9.94 Å². The van der Waals surface area contributed by atoms with E-state index in [0.29, 0.717) is 12.3 Å². The van der Waals surface area contributed by atoms with E-state index in [1.807, 2.05) is 36.6 Å². The van der Waals surface area contributed by atoms with Gasteiger partial charge in [0.05, 0.1) is 0 Å². The minimum Gasteiger partial charge on any atom is -0.489 e. The molecule has 2 aromatic rings. The Kier molecular flexibility index (Phi) is 4.84. The number of nitrogens with two attached hydrogens (primary N) is 1. The Bertz CT molecular complexity index is 600. The van der Waals surface area contributed by atoms with Gasteiger partial charge in [0.2, 0.25) is 0 Å². The molecular weight excluding hydrogens is 274 g/mol. The van der Waals surface area contributed by atoms with Crippen LogP contribution in [0.1, 0.15) is 11.3 Å². The molecule has 0 unspecified atom stereocenters. The molecule has 1 aromatic heterocycles. The van der Waals surface area contributed by atoms with Crippen molar-refractivity contribution in [1.82, 2.24) is 4.98 Å². The van der Waals surface area contributed by atoms with Gasteiger partial charge in [0.15, 0.2) is 5.84 Å². The van der Waals surface area contributed by atoms with Gasteiger partial charge < -0.3 is 15.7 Å². The van der Waals surface area contributed by atoms with E-state index in [2.05, 4.69) is 10.1 Å². The molecule has 6 heteroatoms.